The summed E-state index contributed by atoms with van der Waals surface area (Å²) in [5, 5.41) is 12.4. The summed E-state index contributed by atoms with van der Waals surface area (Å²) in [4.78, 5) is 86.8. The van der Waals surface area contributed by atoms with E-state index >= 15 is 0 Å². The van der Waals surface area contributed by atoms with Crippen molar-refractivity contribution in [3.63, 3.8) is 0 Å². The van der Waals surface area contributed by atoms with Gasteiger partial charge >= 0.3 is 0 Å². The highest BCUT2D eigenvalue weighted by atomic mass is 16.2. The minimum atomic E-state index is -0.688. The topological polar surface area (TPSA) is 157 Å². The first-order valence-corrected chi connectivity index (χ1v) is 22.9. The fraction of sp³-hybridized carbons (Fsp3) is 0.625. The molecule has 4 fully saturated rings. The maximum Gasteiger partial charge on any atom is 0.247 e. The number of para-hydroxylation sites is 2. The summed E-state index contributed by atoms with van der Waals surface area (Å²) in [6.07, 6.45) is 13.3. The van der Waals surface area contributed by atoms with Crippen molar-refractivity contribution in [1.29, 1.82) is 0 Å². The standard InChI is InChI=1S/C48H68N6O6/c1-5-31(2)44(56)52-43(34-20-10-7-11-21-34)48(60)54-29-17-27-41(54)46(58)51-39-25-15-13-23-36(39)35-22-12-14-24-38(35)50-45(57)40-26-16-28-53(40)47(59)37(30-42(55)32(3)49-4)33-18-8-6-9-19-33/h12-15,22-25,31-34,37,40-41,43,49H,5-11,16-21,26-30H2,1-4H3,(H,50,57)(H,51,58)(H,52,56)/t31-,32+,37+,40+,41+,43+/m1/s1. The first-order chi connectivity index (χ1) is 29.0. The Bertz CT molecular complexity index is 1710. The molecule has 0 unspecified atom stereocenters. The van der Waals surface area contributed by atoms with Crippen LogP contribution in [-0.4, -0.2) is 89.4 Å². The van der Waals surface area contributed by atoms with Crippen LogP contribution in [0.4, 0.5) is 11.4 Å². The lowest BCUT2D eigenvalue weighted by Crippen LogP contribution is -2.56. The number of hydrogen-bond donors (Lipinski definition) is 4. The molecule has 326 valence electrons. The predicted molar refractivity (Wildman–Crippen MR) is 235 cm³/mol. The smallest absolute Gasteiger partial charge is 0.247 e. The van der Waals surface area contributed by atoms with Gasteiger partial charge in [-0.05, 0) is 95.7 Å². The van der Waals surface area contributed by atoms with Gasteiger partial charge in [0.2, 0.25) is 29.5 Å². The van der Waals surface area contributed by atoms with Crippen LogP contribution in [0, 0.1) is 23.7 Å². The highest BCUT2D eigenvalue weighted by Gasteiger charge is 2.43. The summed E-state index contributed by atoms with van der Waals surface area (Å²) in [5.41, 5.74) is 2.50. The van der Waals surface area contributed by atoms with Crippen molar-refractivity contribution < 1.29 is 28.8 Å². The number of Topliss-reactive ketones (excluding diaryl/α,β-unsaturated/α-hetero) is 1. The first kappa shape index (κ1) is 45.0. The molecule has 5 amide bonds. The van der Waals surface area contributed by atoms with Crippen molar-refractivity contribution in [3.8, 4) is 11.1 Å². The van der Waals surface area contributed by atoms with E-state index in [0.717, 1.165) is 64.2 Å². The summed E-state index contributed by atoms with van der Waals surface area (Å²) in [6, 6.07) is 12.5. The van der Waals surface area contributed by atoms with Crippen molar-refractivity contribution in [2.45, 2.75) is 148 Å². The largest absolute Gasteiger partial charge is 0.344 e. The number of hydrogen-bond acceptors (Lipinski definition) is 7. The second-order valence-corrected chi connectivity index (χ2v) is 17.8. The number of amides is 5. The van der Waals surface area contributed by atoms with E-state index in [-0.39, 0.29) is 65.5 Å². The molecule has 4 N–H and O–H groups in total. The number of benzene rings is 2. The zero-order chi connectivity index (χ0) is 42.8. The van der Waals surface area contributed by atoms with Gasteiger partial charge in [0.05, 0.1) is 6.04 Å². The maximum absolute atomic E-state index is 14.4. The highest BCUT2D eigenvalue weighted by Crippen LogP contribution is 2.38. The lowest BCUT2D eigenvalue weighted by atomic mass is 9.76. The summed E-state index contributed by atoms with van der Waals surface area (Å²) in [6.45, 7) is 6.59. The Balaban J connectivity index is 1.18. The lowest BCUT2D eigenvalue weighted by molar-refractivity contribution is -0.144. The van der Waals surface area contributed by atoms with Crippen LogP contribution >= 0.6 is 0 Å². The zero-order valence-electron chi connectivity index (χ0n) is 36.3. The molecule has 0 spiro atoms. The third kappa shape index (κ3) is 10.6. The van der Waals surface area contributed by atoms with Gasteiger partial charge in [0.1, 0.15) is 23.9 Å². The SMILES string of the molecule is CC[C@@H](C)C(=O)N[C@H](C(=O)N1CCC[C@H]1C(=O)Nc1ccccc1-c1ccccc1NC(=O)[C@@H]1CCCN1C(=O)[C@@H](CC(=O)[C@H](C)NC)C1CCCCC1)C1CCCCC1. The molecular weight excluding hydrogens is 757 g/mol. The minimum absolute atomic E-state index is 0.0164. The molecule has 60 heavy (non-hydrogen) atoms. The molecular formula is C48H68N6O6. The molecule has 2 aromatic rings. The number of rotatable bonds is 16. The Kier molecular flexibility index (Phi) is 15.9. The van der Waals surface area contributed by atoms with Crippen LogP contribution in [-0.2, 0) is 28.8 Å². The Morgan fingerprint density at radius 3 is 1.62 bits per heavy atom. The highest BCUT2D eigenvalue weighted by molar-refractivity contribution is 6.05. The quantitative estimate of drug-likeness (QED) is 0.141. The van der Waals surface area contributed by atoms with E-state index in [1.165, 1.54) is 0 Å². The summed E-state index contributed by atoms with van der Waals surface area (Å²) in [5.74, 6) is -1.44. The second-order valence-electron chi connectivity index (χ2n) is 17.8. The molecule has 6 atom stereocenters. The first-order valence-electron chi connectivity index (χ1n) is 22.9. The number of carbonyl (C=O) groups excluding carboxylic acids is 6. The molecule has 2 aromatic carbocycles. The van der Waals surface area contributed by atoms with E-state index in [2.05, 4.69) is 21.3 Å². The molecule has 2 aliphatic heterocycles. The molecule has 0 radical (unpaired) electrons. The third-order valence-corrected chi connectivity index (χ3v) is 14.0. The Morgan fingerprint density at radius 1 is 0.633 bits per heavy atom. The van der Waals surface area contributed by atoms with Gasteiger partial charge in [0, 0.05) is 53.8 Å². The van der Waals surface area contributed by atoms with E-state index < -0.39 is 24.0 Å². The van der Waals surface area contributed by atoms with E-state index in [0.29, 0.717) is 67.7 Å². The Hall–Kier alpha value is -4.58. The van der Waals surface area contributed by atoms with Gasteiger partial charge in [-0.25, -0.2) is 0 Å². The van der Waals surface area contributed by atoms with E-state index in [1.807, 2.05) is 69.3 Å². The second kappa shape index (κ2) is 21.3. The average Bonchev–Trinajstić information content (AvgIpc) is 3.99. The zero-order valence-corrected chi connectivity index (χ0v) is 36.3. The maximum atomic E-state index is 14.4. The molecule has 12 nitrogen and oxygen atoms in total. The molecule has 2 aliphatic carbocycles. The number of likely N-dealkylation sites (tertiary alicyclic amines) is 2. The number of nitrogens with zero attached hydrogens (tertiary/aromatic N) is 2. The normalized spacial score (nSPS) is 22.1. The van der Waals surface area contributed by atoms with Gasteiger partial charge in [0.25, 0.3) is 0 Å². The molecule has 2 heterocycles. The van der Waals surface area contributed by atoms with Crippen LogP contribution in [0.15, 0.2) is 48.5 Å². The molecule has 2 saturated heterocycles. The number of ketones is 1. The van der Waals surface area contributed by atoms with E-state index in [4.69, 9.17) is 0 Å². The number of likely N-dealkylation sites (N-methyl/N-ethyl adjacent to an activating group) is 1. The summed E-state index contributed by atoms with van der Waals surface area (Å²) < 4.78 is 0. The molecule has 0 aromatic heterocycles. The lowest BCUT2D eigenvalue weighted by Gasteiger charge is -2.35. The van der Waals surface area contributed by atoms with Crippen molar-refractivity contribution in [2.75, 3.05) is 30.8 Å². The fourth-order valence-corrected chi connectivity index (χ4v) is 9.96. The van der Waals surface area contributed by atoms with Gasteiger partial charge in [-0.2, -0.15) is 0 Å². The number of carbonyl (C=O) groups is 6. The summed E-state index contributed by atoms with van der Waals surface area (Å²) in [7, 11) is 1.75. The van der Waals surface area contributed by atoms with Gasteiger partial charge in [-0.1, -0.05) is 88.8 Å². The Labute approximate surface area is 356 Å². The molecule has 12 heteroatoms. The van der Waals surface area contributed by atoms with E-state index in [9.17, 15) is 28.8 Å². The third-order valence-electron chi connectivity index (χ3n) is 14.0. The van der Waals surface area contributed by atoms with Crippen molar-refractivity contribution in [2.24, 2.45) is 23.7 Å². The van der Waals surface area contributed by atoms with Crippen LogP contribution in [0.3, 0.4) is 0 Å². The average molecular weight is 825 g/mol. The number of anilines is 2. The van der Waals surface area contributed by atoms with Crippen LogP contribution < -0.4 is 21.3 Å². The molecule has 4 aliphatic rings. The van der Waals surface area contributed by atoms with Crippen LogP contribution in [0.5, 0.6) is 0 Å². The molecule has 0 bridgehead atoms. The van der Waals surface area contributed by atoms with E-state index in [1.54, 1.807) is 16.8 Å². The minimum Gasteiger partial charge on any atom is -0.344 e. The fourth-order valence-electron chi connectivity index (χ4n) is 9.96. The molecule has 2 saturated carbocycles. The van der Waals surface area contributed by atoms with Crippen molar-refractivity contribution in [3.05, 3.63) is 48.5 Å². The summed E-state index contributed by atoms with van der Waals surface area (Å²) >= 11 is 0. The van der Waals surface area contributed by atoms with Crippen LogP contribution in [0.1, 0.15) is 124 Å². The van der Waals surface area contributed by atoms with Gasteiger partial charge in [-0.15, -0.1) is 0 Å². The van der Waals surface area contributed by atoms with Gasteiger partial charge in [0.15, 0.2) is 0 Å². The van der Waals surface area contributed by atoms with Gasteiger partial charge in [-0.3, -0.25) is 28.8 Å². The molecule has 6 rings (SSSR count). The Morgan fingerprint density at radius 2 is 1.12 bits per heavy atom. The van der Waals surface area contributed by atoms with Crippen molar-refractivity contribution in [1.82, 2.24) is 20.4 Å². The van der Waals surface area contributed by atoms with Crippen molar-refractivity contribution >= 4 is 46.7 Å². The van der Waals surface area contributed by atoms with Crippen LogP contribution in [0.2, 0.25) is 0 Å². The van der Waals surface area contributed by atoms with Crippen LogP contribution in [0.25, 0.3) is 11.1 Å². The monoisotopic (exact) mass is 825 g/mol. The predicted octanol–water partition coefficient (Wildman–Crippen LogP) is 7.09. The van der Waals surface area contributed by atoms with Gasteiger partial charge < -0.3 is 31.1 Å². The number of nitrogens with one attached hydrogen (secondary N) is 4.